The van der Waals surface area contributed by atoms with Crippen molar-refractivity contribution >= 4 is 22.5 Å². The Morgan fingerprint density at radius 3 is 2.57 bits per heavy atom. The van der Waals surface area contributed by atoms with E-state index in [4.69, 9.17) is 15.5 Å². The number of nitrogens with two attached hydrogens (primary N) is 1. The molecule has 0 aliphatic carbocycles. The summed E-state index contributed by atoms with van der Waals surface area (Å²) in [4.78, 5) is 18.8. The van der Waals surface area contributed by atoms with Crippen LogP contribution in [0.5, 0.6) is 0 Å². The molecular weight excluding hydrogens is 352 g/mol. The van der Waals surface area contributed by atoms with E-state index in [1.54, 1.807) is 12.1 Å². The Bertz CT molecular complexity index is 995. The molecule has 3 N–H and O–H groups in total. The standard InChI is InChI=1S/C22H24N4O2/c1-24-18-5-2-15(3-6-18)20-13-17(14-26-8-10-28-11-9-26)19-7-4-16(22(23)27)12-21(19)25-20/h2-7,12-13,24H,8-11,14H2,1H3,(H2,23,27). The van der Waals surface area contributed by atoms with Gasteiger partial charge >= 0.3 is 0 Å². The number of pyridine rings is 1. The van der Waals surface area contributed by atoms with Gasteiger partial charge in [0.15, 0.2) is 0 Å². The molecule has 4 rings (SSSR count). The molecule has 1 aliphatic rings. The van der Waals surface area contributed by atoms with E-state index in [0.717, 1.165) is 60.7 Å². The first-order valence-corrected chi connectivity index (χ1v) is 9.46. The molecule has 6 heteroatoms. The van der Waals surface area contributed by atoms with Gasteiger partial charge in [-0.2, -0.15) is 0 Å². The van der Waals surface area contributed by atoms with Gasteiger partial charge in [0.1, 0.15) is 0 Å². The monoisotopic (exact) mass is 376 g/mol. The second-order valence-corrected chi connectivity index (χ2v) is 6.98. The summed E-state index contributed by atoms with van der Waals surface area (Å²) >= 11 is 0. The minimum Gasteiger partial charge on any atom is -0.388 e. The highest BCUT2D eigenvalue weighted by molar-refractivity contribution is 5.97. The van der Waals surface area contributed by atoms with Crippen LogP contribution in [0.4, 0.5) is 5.69 Å². The molecule has 1 fully saturated rings. The van der Waals surface area contributed by atoms with Gasteiger partial charge < -0.3 is 15.8 Å². The van der Waals surface area contributed by atoms with Crippen LogP contribution in [0.25, 0.3) is 22.2 Å². The normalized spacial score (nSPS) is 14.9. The van der Waals surface area contributed by atoms with E-state index in [2.05, 4.69) is 28.4 Å². The summed E-state index contributed by atoms with van der Waals surface area (Å²) in [7, 11) is 1.90. The quantitative estimate of drug-likeness (QED) is 0.716. The number of carbonyl (C=O) groups excluding carboxylic acids is 1. The highest BCUT2D eigenvalue weighted by Gasteiger charge is 2.15. The van der Waals surface area contributed by atoms with Crippen LogP contribution in [0.1, 0.15) is 15.9 Å². The highest BCUT2D eigenvalue weighted by atomic mass is 16.5. The summed E-state index contributed by atoms with van der Waals surface area (Å²) in [6, 6.07) is 15.8. The van der Waals surface area contributed by atoms with Crippen LogP contribution in [0.15, 0.2) is 48.5 Å². The third-order valence-corrected chi connectivity index (χ3v) is 5.15. The molecule has 2 heterocycles. The predicted octanol–water partition coefficient (Wildman–Crippen LogP) is 2.87. The summed E-state index contributed by atoms with van der Waals surface area (Å²) in [6.07, 6.45) is 0. The fraction of sp³-hybridized carbons (Fsp3) is 0.273. The molecule has 1 amide bonds. The largest absolute Gasteiger partial charge is 0.388 e. The predicted molar refractivity (Wildman–Crippen MR) is 111 cm³/mol. The highest BCUT2D eigenvalue weighted by Crippen LogP contribution is 2.27. The third-order valence-electron chi connectivity index (χ3n) is 5.15. The molecule has 28 heavy (non-hydrogen) atoms. The second-order valence-electron chi connectivity index (χ2n) is 6.98. The van der Waals surface area contributed by atoms with Gasteiger partial charge in [-0.15, -0.1) is 0 Å². The second kappa shape index (κ2) is 7.96. The summed E-state index contributed by atoms with van der Waals surface area (Å²) in [5.41, 5.74) is 10.9. The third kappa shape index (κ3) is 3.83. The first-order valence-electron chi connectivity index (χ1n) is 9.46. The SMILES string of the molecule is CNc1ccc(-c2cc(CN3CCOCC3)c3ccc(C(N)=O)cc3n2)cc1. The van der Waals surface area contributed by atoms with Crippen LogP contribution in [0, 0.1) is 0 Å². The molecule has 2 aromatic carbocycles. The fourth-order valence-corrected chi connectivity index (χ4v) is 3.54. The number of fused-ring (bicyclic) bond motifs is 1. The number of benzene rings is 2. The number of carbonyl (C=O) groups is 1. The summed E-state index contributed by atoms with van der Waals surface area (Å²) in [5, 5.41) is 4.18. The molecule has 0 unspecified atom stereocenters. The van der Waals surface area contributed by atoms with Crippen LogP contribution < -0.4 is 11.1 Å². The zero-order chi connectivity index (χ0) is 19.5. The molecule has 1 aliphatic heterocycles. The van der Waals surface area contributed by atoms with Crippen molar-refractivity contribution in [2.75, 3.05) is 38.7 Å². The van der Waals surface area contributed by atoms with Crippen molar-refractivity contribution in [3.05, 3.63) is 59.7 Å². The molecule has 0 bridgehead atoms. The Morgan fingerprint density at radius 1 is 1.14 bits per heavy atom. The van der Waals surface area contributed by atoms with Crippen molar-refractivity contribution in [2.45, 2.75) is 6.54 Å². The lowest BCUT2D eigenvalue weighted by Crippen LogP contribution is -2.35. The molecule has 0 saturated carbocycles. The summed E-state index contributed by atoms with van der Waals surface area (Å²) in [6.45, 7) is 4.16. The number of nitrogens with zero attached hydrogens (tertiary/aromatic N) is 2. The number of morpholine rings is 1. The molecule has 0 radical (unpaired) electrons. The van der Waals surface area contributed by atoms with Gasteiger partial charge in [-0.1, -0.05) is 18.2 Å². The topological polar surface area (TPSA) is 80.5 Å². The minimum absolute atomic E-state index is 0.442. The number of rotatable bonds is 5. The van der Waals surface area contributed by atoms with Crippen LogP contribution in [-0.2, 0) is 11.3 Å². The first-order chi connectivity index (χ1) is 13.6. The lowest BCUT2D eigenvalue weighted by atomic mass is 10.0. The first kappa shape index (κ1) is 18.4. The molecule has 0 spiro atoms. The van der Waals surface area contributed by atoms with Crippen LogP contribution in [-0.4, -0.2) is 49.1 Å². The molecule has 1 saturated heterocycles. The van der Waals surface area contributed by atoms with Gasteiger partial charge in [0.05, 0.1) is 24.4 Å². The van der Waals surface area contributed by atoms with E-state index in [0.29, 0.717) is 5.56 Å². The molecule has 6 nitrogen and oxygen atoms in total. The van der Waals surface area contributed by atoms with Crippen molar-refractivity contribution in [1.29, 1.82) is 0 Å². The molecule has 3 aromatic rings. The Hall–Kier alpha value is -2.96. The lowest BCUT2D eigenvalue weighted by Gasteiger charge is -2.27. The van der Waals surface area contributed by atoms with E-state index < -0.39 is 5.91 Å². The lowest BCUT2D eigenvalue weighted by molar-refractivity contribution is 0.0343. The Morgan fingerprint density at radius 2 is 1.89 bits per heavy atom. The number of anilines is 1. The van der Waals surface area contributed by atoms with Crippen LogP contribution in [0.3, 0.4) is 0 Å². The Kier molecular flexibility index (Phi) is 5.23. The maximum Gasteiger partial charge on any atom is 0.248 e. The Labute approximate surface area is 164 Å². The van der Waals surface area contributed by atoms with Gasteiger partial charge in [-0.05, 0) is 35.9 Å². The smallest absolute Gasteiger partial charge is 0.248 e. The van der Waals surface area contributed by atoms with E-state index in [9.17, 15) is 4.79 Å². The van der Waals surface area contributed by atoms with Crippen molar-refractivity contribution < 1.29 is 9.53 Å². The summed E-state index contributed by atoms with van der Waals surface area (Å²) < 4.78 is 5.47. The number of primary amides is 1. The number of hydrogen-bond donors (Lipinski definition) is 2. The molecule has 0 atom stereocenters. The maximum absolute atomic E-state index is 11.6. The van der Waals surface area contributed by atoms with Crippen LogP contribution >= 0.6 is 0 Å². The van der Waals surface area contributed by atoms with Gasteiger partial charge in [0.25, 0.3) is 0 Å². The van der Waals surface area contributed by atoms with Crippen LogP contribution in [0.2, 0.25) is 0 Å². The number of aromatic nitrogens is 1. The Balaban J connectivity index is 1.80. The van der Waals surface area contributed by atoms with E-state index in [-0.39, 0.29) is 0 Å². The molecule has 144 valence electrons. The fourth-order valence-electron chi connectivity index (χ4n) is 3.54. The van der Waals surface area contributed by atoms with E-state index in [1.807, 2.05) is 25.2 Å². The van der Waals surface area contributed by atoms with Gasteiger partial charge in [-0.3, -0.25) is 9.69 Å². The van der Waals surface area contributed by atoms with E-state index >= 15 is 0 Å². The number of hydrogen-bond acceptors (Lipinski definition) is 5. The zero-order valence-electron chi connectivity index (χ0n) is 15.9. The average Bonchev–Trinajstić information content (AvgIpc) is 2.74. The van der Waals surface area contributed by atoms with Crippen molar-refractivity contribution in [3.8, 4) is 11.3 Å². The van der Waals surface area contributed by atoms with Crippen molar-refractivity contribution in [3.63, 3.8) is 0 Å². The number of amides is 1. The zero-order valence-corrected chi connectivity index (χ0v) is 15.9. The average molecular weight is 376 g/mol. The minimum atomic E-state index is -0.442. The van der Waals surface area contributed by atoms with Gasteiger partial charge in [0, 0.05) is 48.9 Å². The maximum atomic E-state index is 11.6. The number of nitrogens with one attached hydrogen (secondary N) is 1. The molecule has 1 aromatic heterocycles. The molecular formula is C22H24N4O2. The van der Waals surface area contributed by atoms with Gasteiger partial charge in [0.2, 0.25) is 5.91 Å². The van der Waals surface area contributed by atoms with Gasteiger partial charge in [-0.25, -0.2) is 4.98 Å². The number of ether oxygens (including phenoxy) is 1. The van der Waals surface area contributed by atoms with Crippen molar-refractivity contribution in [1.82, 2.24) is 9.88 Å². The summed E-state index contributed by atoms with van der Waals surface area (Å²) in [5.74, 6) is -0.442. The van der Waals surface area contributed by atoms with Crippen molar-refractivity contribution in [2.24, 2.45) is 5.73 Å². The van der Waals surface area contributed by atoms with E-state index in [1.165, 1.54) is 5.56 Å².